The third-order valence-corrected chi connectivity index (χ3v) is 4.61. The molecule has 0 atom stereocenters. The van der Waals surface area contributed by atoms with E-state index in [2.05, 4.69) is 4.72 Å². The minimum absolute atomic E-state index is 0. The first kappa shape index (κ1) is 19.3. The fourth-order valence-corrected chi connectivity index (χ4v) is 3.01. The van der Waals surface area contributed by atoms with Crippen molar-refractivity contribution < 1.29 is 13.2 Å². The SMILES string of the molecule is CCOc1ccc(S(=O)(=O)NCCc2ccc(N)cc2)cc1.Cl. The summed E-state index contributed by atoms with van der Waals surface area (Å²) in [4.78, 5) is 0.230. The van der Waals surface area contributed by atoms with Gasteiger partial charge in [-0.1, -0.05) is 12.1 Å². The average Bonchev–Trinajstić information content (AvgIpc) is 2.50. The van der Waals surface area contributed by atoms with Crippen LogP contribution in [0.2, 0.25) is 0 Å². The summed E-state index contributed by atoms with van der Waals surface area (Å²) >= 11 is 0. The van der Waals surface area contributed by atoms with Gasteiger partial charge in [-0.25, -0.2) is 13.1 Å². The van der Waals surface area contributed by atoms with Gasteiger partial charge in [0.25, 0.3) is 0 Å². The van der Waals surface area contributed by atoms with Gasteiger partial charge in [0.1, 0.15) is 5.75 Å². The molecule has 0 unspecified atom stereocenters. The van der Waals surface area contributed by atoms with Crippen molar-refractivity contribution in [1.82, 2.24) is 4.72 Å². The van der Waals surface area contributed by atoms with E-state index in [4.69, 9.17) is 10.5 Å². The van der Waals surface area contributed by atoms with E-state index in [1.807, 2.05) is 19.1 Å². The standard InChI is InChI=1S/C16H20N2O3S.ClH/c1-2-21-15-7-9-16(10-8-15)22(19,20)18-12-11-13-3-5-14(17)6-4-13;/h3-10,18H,2,11-12,17H2,1H3;1H. The highest BCUT2D eigenvalue weighted by molar-refractivity contribution is 7.89. The van der Waals surface area contributed by atoms with Gasteiger partial charge in [-0.2, -0.15) is 0 Å². The lowest BCUT2D eigenvalue weighted by molar-refractivity contribution is 0.340. The number of hydrogen-bond donors (Lipinski definition) is 2. The van der Waals surface area contributed by atoms with Crippen molar-refractivity contribution in [3.8, 4) is 5.75 Å². The van der Waals surface area contributed by atoms with E-state index in [0.717, 1.165) is 5.56 Å². The van der Waals surface area contributed by atoms with E-state index in [9.17, 15) is 8.42 Å². The third-order valence-electron chi connectivity index (χ3n) is 3.13. The Morgan fingerprint density at radius 3 is 2.22 bits per heavy atom. The van der Waals surface area contributed by atoms with Crippen LogP contribution in [0, 0.1) is 0 Å². The van der Waals surface area contributed by atoms with E-state index in [0.29, 0.717) is 31.0 Å². The fraction of sp³-hybridized carbons (Fsp3) is 0.250. The Kier molecular flexibility index (Phi) is 7.35. The first-order valence-electron chi connectivity index (χ1n) is 7.08. The molecule has 2 aromatic rings. The molecule has 2 aromatic carbocycles. The van der Waals surface area contributed by atoms with E-state index in [1.54, 1.807) is 24.3 Å². The Labute approximate surface area is 143 Å². The third kappa shape index (κ3) is 5.74. The highest BCUT2D eigenvalue weighted by Gasteiger charge is 2.13. The van der Waals surface area contributed by atoms with Crippen molar-refractivity contribution in [3.63, 3.8) is 0 Å². The minimum atomic E-state index is -3.50. The summed E-state index contributed by atoms with van der Waals surface area (Å²) in [6.07, 6.45) is 0.608. The molecule has 0 aliphatic rings. The van der Waals surface area contributed by atoms with Crippen molar-refractivity contribution in [3.05, 3.63) is 54.1 Å². The molecule has 0 aliphatic heterocycles. The molecule has 0 bridgehead atoms. The second-order valence-corrected chi connectivity index (χ2v) is 6.56. The molecule has 7 heteroatoms. The molecule has 0 saturated carbocycles. The minimum Gasteiger partial charge on any atom is -0.494 e. The summed E-state index contributed by atoms with van der Waals surface area (Å²) in [7, 11) is -3.50. The Balaban J connectivity index is 0.00000264. The van der Waals surface area contributed by atoms with Crippen LogP contribution in [0.4, 0.5) is 5.69 Å². The summed E-state index contributed by atoms with van der Waals surface area (Å²) in [6, 6.07) is 13.8. The number of halogens is 1. The number of anilines is 1. The van der Waals surface area contributed by atoms with Crippen LogP contribution in [0.15, 0.2) is 53.4 Å². The van der Waals surface area contributed by atoms with Gasteiger partial charge in [0, 0.05) is 12.2 Å². The summed E-state index contributed by atoms with van der Waals surface area (Å²) in [6.45, 7) is 2.76. The highest BCUT2D eigenvalue weighted by Crippen LogP contribution is 2.15. The lowest BCUT2D eigenvalue weighted by Gasteiger charge is -2.08. The van der Waals surface area contributed by atoms with Gasteiger partial charge in [0.2, 0.25) is 10.0 Å². The van der Waals surface area contributed by atoms with Crippen molar-refractivity contribution in [1.29, 1.82) is 0 Å². The van der Waals surface area contributed by atoms with Gasteiger partial charge in [0.05, 0.1) is 11.5 Å². The number of sulfonamides is 1. The molecule has 126 valence electrons. The fourth-order valence-electron chi connectivity index (χ4n) is 1.98. The van der Waals surface area contributed by atoms with Gasteiger partial charge < -0.3 is 10.5 Å². The number of rotatable bonds is 7. The Morgan fingerprint density at radius 1 is 1.04 bits per heavy atom. The molecule has 0 amide bonds. The van der Waals surface area contributed by atoms with Crippen LogP contribution in [-0.2, 0) is 16.4 Å². The maximum Gasteiger partial charge on any atom is 0.240 e. The van der Waals surface area contributed by atoms with Gasteiger partial charge >= 0.3 is 0 Å². The summed E-state index contributed by atoms with van der Waals surface area (Å²) in [5.41, 5.74) is 7.34. The van der Waals surface area contributed by atoms with Crippen molar-refractivity contribution in [2.24, 2.45) is 0 Å². The van der Waals surface area contributed by atoms with E-state index in [1.165, 1.54) is 12.1 Å². The van der Waals surface area contributed by atoms with Gasteiger partial charge in [-0.05, 0) is 55.3 Å². The normalized spacial score (nSPS) is 10.8. The molecule has 0 fully saturated rings. The van der Waals surface area contributed by atoms with Crippen LogP contribution in [0.5, 0.6) is 5.75 Å². The second kappa shape index (κ2) is 8.76. The van der Waals surface area contributed by atoms with Crippen LogP contribution in [0.25, 0.3) is 0 Å². The van der Waals surface area contributed by atoms with Crippen LogP contribution in [0.3, 0.4) is 0 Å². The molecule has 23 heavy (non-hydrogen) atoms. The van der Waals surface area contributed by atoms with Crippen LogP contribution in [0.1, 0.15) is 12.5 Å². The molecule has 5 nitrogen and oxygen atoms in total. The predicted octanol–water partition coefficient (Wildman–Crippen LogP) is 2.61. The summed E-state index contributed by atoms with van der Waals surface area (Å²) < 4.78 is 32.2. The van der Waals surface area contributed by atoms with Gasteiger partial charge in [-0.3, -0.25) is 0 Å². The Morgan fingerprint density at radius 2 is 1.65 bits per heavy atom. The molecule has 0 saturated heterocycles. The monoisotopic (exact) mass is 356 g/mol. The Hall–Kier alpha value is -1.76. The van der Waals surface area contributed by atoms with Crippen LogP contribution >= 0.6 is 12.4 Å². The lowest BCUT2D eigenvalue weighted by atomic mass is 10.1. The number of nitrogens with one attached hydrogen (secondary N) is 1. The maximum atomic E-state index is 12.2. The van der Waals surface area contributed by atoms with Crippen molar-refractivity contribution in [2.75, 3.05) is 18.9 Å². The van der Waals surface area contributed by atoms with E-state index >= 15 is 0 Å². The predicted molar refractivity (Wildman–Crippen MR) is 94.6 cm³/mol. The molecule has 2 rings (SSSR count). The van der Waals surface area contributed by atoms with Crippen molar-refractivity contribution in [2.45, 2.75) is 18.2 Å². The average molecular weight is 357 g/mol. The number of hydrogen-bond acceptors (Lipinski definition) is 4. The maximum absolute atomic E-state index is 12.2. The zero-order chi connectivity index (χ0) is 16.0. The van der Waals surface area contributed by atoms with E-state index in [-0.39, 0.29) is 17.3 Å². The van der Waals surface area contributed by atoms with Gasteiger partial charge in [-0.15, -0.1) is 12.4 Å². The molecule has 3 N–H and O–H groups in total. The molecule has 0 aromatic heterocycles. The lowest BCUT2D eigenvalue weighted by Crippen LogP contribution is -2.25. The van der Waals surface area contributed by atoms with Crippen LogP contribution in [-0.4, -0.2) is 21.6 Å². The van der Waals surface area contributed by atoms with Gasteiger partial charge in [0.15, 0.2) is 0 Å². The second-order valence-electron chi connectivity index (χ2n) is 4.79. The van der Waals surface area contributed by atoms with Crippen molar-refractivity contribution >= 4 is 28.1 Å². The van der Waals surface area contributed by atoms with Crippen LogP contribution < -0.4 is 15.2 Å². The topological polar surface area (TPSA) is 81.4 Å². The quantitative estimate of drug-likeness (QED) is 0.747. The van der Waals surface area contributed by atoms with E-state index < -0.39 is 10.0 Å². The Bertz CT molecular complexity index is 701. The molecular formula is C16H21ClN2O3S. The molecule has 0 spiro atoms. The summed E-state index contributed by atoms with van der Waals surface area (Å²) in [5.74, 6) is 0.656. The molecule has 0 radical (unpaired) electrons. The molecule has 0 aliphatic carbocycles. The largest absolute Gasteiger partial charge is 0.494 e. The zero-order valence-corrected chi connectivity index (χ0v) is 14.5. The highest BCUT2D eigenvalue weighted by atomic mass is 35.5. The molecule has 0 heterocycles. The number of ether oxygens (including phenoxy) is 1. The number of nitrogens with two attached hydrogens (primary N) is 1. The summed E-state index contributed by atoms with van der Waals surface area (Å²) in [5, 5.41) is 0. The molecular weight excluding hydrogens is 336 g/mol. The number of benzene rings is 2. The smallest absolute Gasteiger partial charge is 0.240 e. The number of nitrogen functional groups attached to an aromatic ring is 1. The first-order chi connectivity index (χ1) is 10.5. The first-order valence-corrected chi connectivity index (χ1v) is 8.56. The zero-order valence-electron chi connectivity index (χ0n) is 12.9.